The second-order valence-corrected chi connectivity index (χ2v) is 3.36. The number of aryl methyl sites for hydroxylation is 1. The van der Waals surface area contributed by atoms with Gasteiger partial charge in [0.1, 0.15) is 0 Å². The van der Waals surface area contributed by atoms with E-state index in [1.54, 1.807) is 7.05 Å². The van der Waals surface area contributed by atoms with Gasteiger partial charge in [-0.1, -0.05) is 13.8 Å². The Labute approximate surface area is 82.3 Å². The van der Waals surface area contributed by atoms with Crippen LogP contribution in [0.25, 0.3) is 0 Å². The van der Waals surface area contributed by atoms with Crippen LogP contribution in [0.5, 0.6) is 5.88 Å². The molecule has 5 heteroatoms. The average molecular weight is 198 g/mol. The van der Waals surface area contributed by atoms with Gasteiger partial charge in [0.25, 0.3) is 0 Å². The normalized spacial score (nSPS) is 10.6. The van der Waals surface area contributed by atoms with Gasteiger partial charge in [-0.05, 0) is 5.92 Å². The van der Waals surface area contributed by atoms with Crippen molar-refractivity contribution in [3.63, 3.8) is 0 Å². The average Bonchev–Trinajstić information content (AvgIpc) is 2.42. The zero-order valence-corrected chi connectivity index (χ0v) is 8.74. The SMILES string of the molecule is COc1c(C(C)C)c(C(=O)O)nn1C. The molecule has 0 fully saturated rings. The zero-order valence-electron chi connectivity index (χ0n) is 8.74. The largest absolute Gasteiger partial charge is 0.481 e. The highest BCUT2D eigenvalue weighted by Crippen LogP contribution is 2.28. The van der Waals surface area contributed by atoms with E-state index in [-0.39, 0.29) is 11.6 Å². The standard InChI is InChI=1S/C9H14N2O3/c1-5(2)6-7(9(12)13)10-11(3)8(6)14-4/h5H,1-4H3,(H,12,13). The third-order valence-corrected chi connectivity index (χ3v) is 2.00. The summed E-state index contributed by atoms with van der Waals surface area (Å²) in [7, 11) is 3.17. The lowest BCUT2D eigenvalue weighted by molar-refractivity contribution is 0.0688. The van der Waals surface area contributed by atoms with E-state index in [0.29, 0.717) is 11.4 Å². The maximum atomic E-state index is 10.9. The molecule has 0 aliphatic carbocycles. The summed E-state index contributed by atoms with van der Waals surface area (Å²) < 4.78 is 6.55. The summed E-state index contributed by atoms with van der Waals surface area (Å²) in [6.07, 6.45) is 0. The number of carboxylic acid groups (broad SMARTS) is 1. The molecule has 1 aromatic heterocycles. The molecule has 0 amide bonds. The van der Waals surface area contributed by atoms with E-state index in [1.807, 2.05) is 13.8 Å². The zero-order chi connectivity index (χ0) is 10.9. The number of ether oxygens (including phenoxy) is 1. The molecule has 0 atom stereocenters. The van der Waals surface area contributed by atoms with Gasteiger partial charge >= 0.3 is 5.97 Å². The molecule has 0 unspecified atom stereocenters. The first-order chi connectivity index (χ1) is 6.49. The molecule has 0 saturated heterocycles. The summed E-state index contributed by atoms with van der Waals surface area (Å²) in [5.41, 5.74) is 0.710. The number of aromatic carboxylic acids is 1. The molecule has 0 radical (unpaired) electrons. The number of rotatable bonds is 3. The molecule has 1 aromatic rings. The molecule has 5 nitrogen and oxygen atoms in total. The van der Waals surface area contributed by atoms with E-state index in [0.717, 1.165) is 0 Å². The molecular weight excluding hydrogens is 184 g/mol. The summed E-state index contributed by atoms with van der Waals surface area (Å²) in [6, 6.07) is 0. The summed E-state index contributed by atoms with van der Waals surface area (Å²) >= 11 is 0. The maximum absolute atomic E-state index is 10.9. The van der Waals surface area contributed by atoms with Crippen LogP contribution in [0.1, 0.15) is 35.8 Å². The summed E-state index contributed by atoms with van der Waals surface area (Å²) in [4.78, 5) is 10.9. The fourth-order valence-corrected chi connectivity index (χ4v) is 1.45. The highest BCUT2D eigenvalue weighted by Gasteiger charge is 2.23. The van der Waals surface area contributed by atoms with Crippen LogP contribution < -0.4 is 4.74 Å². The topological polar surface area (TPSA) is 64.3 Å². The lowest BCUT2D eigenvalue weighted by atomic mass is 10.0. The van der Waals surface area contributed by atoms with Crippen LogP contribution >= 0.6 is 0 Å². The van der Waals surface area contributed by atoms with Crippen molar-refractivity contribution in [3.05, 3.63) is 11.3 Å². The Bertz CT molecular complexity index is 355. The number of hydrogen-bond donors (Lipinski definition) is 1. The monoisotopic (exact) mass is 198 g/mol. The van der Waals surface area contributed by atoms with Crippen LogP contribution in [-0.2, 0) is 7.05 Å². The van der Waals surface area contributed by atoms with E-state index < -0.39 is 5.97 Å². The number of aromatic nitrogens is 2. The highest BCUT2D eigenvalue weighted by atomic mass is 16.5. The van der Waals surface area contributed by atoms with Crippen molar-refractivity contribution in [2.45, 2.75) is 19.8 Å². The molecule has 78 valence electrons. The van der Waals surface area contributed by atoms with E-state index >= 15 is 0 Å². The first kappa shape index (κ1) is 10.6. The minimum absolute atomic E-state index is 0.0688. The van der Waals surface area contributed by atoms with E-state index in [4.69, 9.17) is 9.84 Å². The Morgan fingerprint density at radius 3 is 2.50 bits per heavy atom. The predicted molar refractivity (Wildman–Crippen MR) is 50.8 cm³/mol. The second kappa shape index (κ2) is 3.69. The first-order valence-electron chi connectivity index (χ1n) is 4.33. The van der Waals surface area contributed by atoms with Crippen molar-refractivity contribution in [1.82, 2.24) is 9.78 Å². The fourth-order valence-electron chi connectivity index (χ4n) is 1.45. The highest BCUT2D eigenvalue weighted by molar-refractivity contribution is 5.88. The van der Waals surface area contributed by atoms with Crippen LogP contribution in [0.15, 0.2) is 0 Å². The molecule has 14 heavy (non-hydrogen) atoms. The number of carbonyl (C=O) groups is 1. The van der Waals surface area contributed by atoms with Gasteiger partial charge < -0.3 is 9.84 Å². The van der Waals surface area contributed by atoms with Gasteiger partial charge in [-0.25, -0.2) is 9.48 Å². The number of methoxy groups -OCH3 is 1. The van der Waals surface area contributed by atoms with Gasteiger partial charge in [-0.2, -0.15) is 5.10 Å². The van der Waals surface area contributed by atoms with Crippen LogP contribution in [0.3, 0.4) is 0 Å². The van der Waals surface area contributed by atoms with Gasteiger partial charge in [-0.15, -0.1) is 0 Å². The van der Waals surface area contributed by atoms with Crippen molar-refractivity contribution in [2.75, 3.05) is 7.11 Å². The molecule has 0 spiro atoms. The molecule has 0 aliphatic rings. The quantitative estimate of drug-likeness (QED) is 0.793. The minimum Gasteiger partial charge on any atom is -0.481 e. The number of nitrogens with zero attached hydrogens (tertiary/aromatic N) is 2. The van der Waals surface area contributed by atoms with Gasteiger partial charge in [-0.3, -0.25) is 0 Å². The smallest absolute Gasteiger partial charge is 0.356 e. The van der Waals surface area contributed by atoms with E-state index in [1.165, 1.54) is 11.8 Å². The van der Waals surface area contributed by atoms with Crippen LogP contribution in [0.2, 0.25) is 0 Å². The van der Waals surface area contributed by atoms with Crippen molar-refractivity contribution in [1.29, 1.82) is 0 Å². The molecule has 0 bridgehead atoms. The van der Waals surface area contributed by atoms with Crippen LogP contribution in [-0.4, -0.2) is 28.0 Å². The lowest BCUT2D eigenvalue weighted by Crippen LogP contribution is -2.03. The molecular formula is C9H14N2O3. The molecule has 0 saturated carbocycles. The second-order valence-electron chi connectivity index (χ2n) is 3.36. The Morgan fingerprint density at radius 2 is 2.14 bits per heavy atom. The van der Waals surface area contributed by atoms with Gasteiger partial charge in [0.05, 0.1) is 12.7 Å². The Morgan fingerprint density at radius 1 is 1.57 bits per heavy atom. The van der Waals surface area contributed by atoms with E-state index in [9.17, 15) is 4.79 Å². The lowest BCUT2D eigenvalue weighted by Gasteiger charge is -2.06. The van der Waals surface area contributed by atoms with Gasteiger partial charge in [0.15, 0.2) is 5.69 Å². The summed E-state index contributed by atoms with van der Waals surface area (Å²) in [6.45, 7) is 3.82. The van der Waals surface area contributed by atoms with Gasteiger partial charge in [0.2, 0.25) is 5.88 Å². The van der Waals surface area contributed by atoms with Crippen molar-refractivity contribution in [3.8, 4) is 5.88 Å². The van der Waals surface area contributed by atoms with E-state index in [2.05, 4.69) is 5.10 Å². The predicted octanol–water partition coefficient (Wildman–Crippen LogP) is 1.25. The number of hydrogen-bond acceptors (Lipinski definition) is 3. The maximum Gasteiger partial charge on any atom is 0.356 e. The Kier molecular flexibility index (Phi) is 2.78. The van der Waals surface area contributed by atoms with Crippen LogP contribution in [0, 0.1) is 0 Å². The Hall–Kier alpha value is -1.52. The molecule has 1 N–H and O–H groups in total. The fraction of sp³-hybridized carbons (Fsp3) is 0.556. The number of carboxylic acids is 1. The molecule has 1 heterocycles. The van der Waals surface area contributed by atoms with Crippen molar-refractivity contribution < 1.29 is 14.6 Å². The molecule has 1 rings (SSSR count). The third kappa shape index (κ3) is 1.57. The summed E-state index contributed by atoms with van der Waals surface area (Å²) in [5, 5.41) is 12.8. The third-order valence-electron chi connectivity index (χ3n) is 2.00. The Balaban J connectivity index is 3.37. The van der Waals surface area contributed by atoms with Gasteiger partial charge in [0, 0.05) is 7.05 Å². The molecule has 0 aliphatic heterocycles. The summed E-state index contributed by atoms with van der Waals surface area (Å²) in [5.74, 6) is -0.435. The molecule has 0 aromatic carbocycles. The van der Waals surface area contributed by atoms with Crippen LogP contribution in [0.4, 0.5) is 0 Å². The first-order valence-corrected chi connectivity index (χ1v) is 4.33. The van der Waals surface area contributed by atoms with Crippen molar-refractivity contribution >= 4 is 5.97 Å². The van der Waals surface area contributed by atoms with Crippen molar-refractivity contribution in [2.24, 2.45) is 7.05 Å². The minimum atomic E-state index is -1.02.